The standard InChI is InChI=1S/C32H40N4O5/c1-4-34-25-16-24(17-26(18-25)36-12-8-11-31(36)38)32(39)35-29(15-22-9-6-5-7-10-22)30(37)21-33-20-23-13-27(40-2)19-28(14-23)41-3/h5-7,9-10,13-14,16-19,29-30,33-34,37H,4,8,11-12,15,20-21H2,1-3H3,(H,35,39). The van der Waals surface area contributed by atoms with Crippen molar-refractivity contribution in [3.8, 4) is 11.5 Å². The number of hydrogen-bond acceptors (Lipinski definition) is 7. The lowest BCUT2D eigenvalue weighted by molar-refractivity contribution is -0.117. The molecule has 1 aliphatic rings. The first-order chi connectivity index (χ1) is 19.9. The van der Waals surface area contributed by atoms with Crippen molar-refractivity contribution >= 4 is 23.2 Å². The van der Waals surface area contributed by atoms with E-state index in [0.29, 0.717) is 55.2 Å². The first kappa shape index (κ1) is 29.9. The number of rotatable bonds is 14. The number of benzene rings is 3. The van der Waals surface area contributed by atoms with E-state index in [2.05, 4.69) is 16.0 Å². The maximum absolute atomic E-state index is 13.6. The van der Waals surface area contributed by atoms with Crippen LogP contribution >= 0.6 is 0 Å². The van der Waals surface area contributed by atoms with Crippen LogP contribution in [-0.4, -0.2) is 62.9 Å². The molecule has 0 spiro atoms. The van der Waals surface area contributed by atoms with E-state index in [1.807, 2.05) is 55.5 Å². The fourth-order valence-electron chi connectivity index (χ4n) is 5.00. The lowest BCUT2D eigenvalue weighted by atomic mass is 10.00. The molecule has 218 valence electrons. The van der Waals surface area contributed by atoms with E-state index < -0.39 is 12.1 Å². The molecular formula is C32H40N4O5. The highest BCUT2D eigenvalue weighted by Crippen LogP contribution is 2.27. The molecule has 2 unspecified atom stereocenters. The van der Waals surface area contributed by atoms with Crippen molar-refractivity contribution in [3.05, 3.63) is 83.4 Å². The van der Waals surface area contributed by atoms with Crippen molar-refractivity contribution in [1.82, 2.24) is 10.6 Å². The number of ether oxygens (including phenoxy) is 2. The molecule has 4 rings (SSSR count). The number of aliphatic hydroxyl groups is 1. The number of nitrogens with zero attached hydrogens (tertiary/aromatic N) is 1. The first-order valence-electron chi connectivity index (χ1n) is 14.0. The Hall–Kier alpha value is -4.08. The van der Waals surface area contributed by atoms with Crippen molar-refractivity contribution in [2.75, 3.05) is 44.1 Å². The van der Waals surface area contributed by atoms with Gasteiger partial charge in [-0.05, 0) is 61.2 Å². The van der Waals surface area contributed by atoms with Gasteiger partial charge in [0.1, 0.15) is 11.5 Å². The zero-order valence-electron chi connectivity index (χ0n) is 24.0. The van der Waals surface area contributed by atoms with Crippen molar-refractivity contribution < 1.29 is 24.2 Å². The van der Waals surface area contributed by atoms with Crippen molar-refractivity contribution in [2.24, 2.45) is 0 Å². The third-order valence-corrected chi connectivity index (χ3v) is 7.12. The maximum atomic E-state index is 13.6. The lowest BCUT2D eigenvalue weighted by Crippen LogP contribution is -2.48. The van der Waals surface area contributed by atoms with Crippen LogP contribution in [0.1, 0.15) is 41.3 Å². The third-order valence-electron chi connectivity index (χ3n) is 7.12. The predicted octanol–water partition coefficient (Wildman–Crippen LogP) is 3.75. The van der Waals surface area contributed by atoms with Gasteiger partial charge in [0, 0.05) is 55.6 Å². The van der Waals surface area contributed by atoms with Gasteiger partial charge < -0.3 is 35.4 Å². The average molecular weight is 561 g/mol. The molecule has 1 saturated heterocycles. The van der Waals surface area contributed by atoms with E-state index in [-0.39, 0.29) is 18.4 Å². The second kappa shape index (κ2) is 14.5. The van der Waals surface area contributed by atoms with Crippen molar-refractivity contribution in [3.63, 3.8) is 0 Å². The number of hydrogen-bond donors (Lipinski definition) is 4. The van der Waals surface area contributed by atoms with Crippen LogP contribution in [-0.2, 0) is 17.8 Å². The largest absolute Gasteiger partial charge is 0.497 e. The quantitative estimate of drug-likeness (QED) is 0.238. The van der Waals surface area contributed by atoms with E-state index in [1.165, 1.54) is 0 Å². The third kappa shape index (κ3) is 8.22. The number of amides is 2. The molecule has 0 bridgehead atoms. The molecule has 0 aromatic heterocycles. The minimum atomic E-state index is -0.872. The van der Waals surface area contributed by atoms with Gasteiger partial charge in [-0.3, -0.25) is 9.59 Å². The van der Waals surface area contributed by atoms with Crippen LogP contribution in [0, 0.1) is 0 Å². The molecule has 3 aromatic carbocycles. The average Bonchev–Trinajstić information content (AvgIpc) is 3.42. The SMILES string of the molecule is CCNc1cc(C(=O)NC(Cc2ccccc2)C(O)CNCc2cc(OC)cc(OC)c2)cc(N2CCCC2=O)c1. The van der Waals surface area contributed by atoms with Gasteiger partial charge in [0.15, 0.2) is 0 Å². The van der Waals surface area contributed by atoms with Crippen LogP contribution < -0.4 is 30.3 Å². The molecule has 9 nitrogen and oxygen atoms in total. The van der Waals surface area contributed by atoms with Gasteiger partial charge in [-0.25, -0.2) is 0 Å². The summed E-state index contributed by atoms with van der Waals surface area (Å²) in [7, 11) is 3.21. The fraction of sp³-hybridized carbons (Fsp3) is 0.375. The molecule has 1 aliphatic heterocycles. The number of carbonyl (C=O) groups is 2. The highest BCUT2D eigenvalue weighted by Gasteiger charge is 2.26. The minimum Gasteiger partial charge on any atom is -0.497 e. The molecule has 1 fully saturated rings. The smallest absolute Gasteiger partial charge is 0.251 e. The number of aliphatic hydroxyl groups excluding tert-OH is 1. The Labute approximate surface area is 241 Å². The minimum absolute atomic E-state index is 0.0575. The molecule has 2 amide bonds. The Morgan fingerprint density at radius 3 is 2.37 bits per heavy atom. The van der Waals surface area contributed by atoms with Gasteiger partial charge in [-0.2, -0.15) is 0 Å². The Morgan fingerprint density at radius 1 is 1.00 bits per heavy atom. The lowest BCUT2D eigenvalue weighted by Gasteiger charge is -2.25. The Balaban J connectivity index is 1.50. The van der Waals surface area contributed by atoms with Gasteiger partial charge in [0.2, 0.25) is 5.91 Å². The van der Waals surface area contributed by atoms with E-state index >= 15 is 0 Å². The van der Waals surface area contributed by atoms with Crippen LogP contribution in [0.2, 0.25) is 0 Å². The van der Waals surface area contributed by atoms with Crippen LogP contribution in [0.15, 0.2) is 66.7 Å². The summed E-state index contributed by atoms with van der Waals surface area (Å²) in [5, 5.41) is 20.9. The van der Waals surface area contributed by atoms with Gasteiger partial charge in [0.25, 0.3) is 5.91 Å². The molecule has 0 aliphatic carbocycles. The van der Waals surface area contributed by atoms with Gasteiger partial charge >= 0.3 is 0 Å². The highest BCUT2D eigenvalue weighted by atomic mass is 16.5. The molecule has 0 saturated carbocycles. The Bertz CT molecular complexity index is 1290. The number of carbonyl (C=O) groups excluding carboxylic acids is 2. The van der Waals surface area contributed by atoms with Gasteiger partial charge in [-0.1, -0.05) is 30.3 Å². The molecule has 4 N–H and O–H groups in total. The summed E-state index contributed by atoms with van der Waals surface area (Å²) in [6.07, 6.45) is 0.885. The number of nitrogens with one attached hydrogen (secondary N) is 3. The number of methoxy groups -OCH3 is 2. The van der Waals surface area contributed by atoms with E-state index in [9.17, 15) is 14.7 Å². The van der Waals surface area contributed by atoms with Gasteiger partial charge in [-0.15, -0.1) is 0 Å². The van der Waals surface area contributed by atoms with Crippen LogP contribution in [0.3, 0.4) is 0 Å². The molecule has 2 atom stereocenters. The van der Waals surface area contributed by atoms with Crippen molar-refractivity contribution in [2.45, 2.75) is 44.9 Å². The normalized spacial score (nSPS) is 14.4. The fourth-order valence-corrected chi connectivity index (χ4v) is 5.00. The number of anilines is 2. The van der Waals surface area contributed by atoms with E-state index in [0.717, 1.165) is 23.2 Å². The zero-order valence-corrected chi connectivity index (χ0v) is 24.0. The molecular weight excluding hydrogens is 520 g/mol. The topological polar surface area (TPSA) is 112 Å². The molecule has 0 radical (unpaired) electrons. The van der Waals surface area contributed by atoms with Gasteiger partial charge in [0.05, 0.1) is 26.4 Å². The zero-order chi connectivity index (χ0) is 29.2. The molecule has 1 heterocycles. The van der Waals surface area contributed by atoms with Crippen molar-refractivity contribution in [1.29, 1.82) is 0 Å². The Morgan fingerprint density at radius 2 is 1.73 bits per heavy atom. The van der Waals surface area contributed by atoms with Crippen LogP contribution in [0.5, 0.6) is 11.5 Å². The summed E-state index contributed by atoms with van der Waals surface area (Å²) < 4.78 is 10.7. The molecule has 41 heavy (non-hydrogen) atoms. The summed E-state index contributed by atoms with van der Waals surface area (Å²) in [5.41, 5.74) is 3.84. The first-order valence-corrected chi connectivity index (χ1v) is 14.0. The highest BCUT2D eigenvalue weighted by molar-refractivity contribution is 6.00. The predicted molar refractivity (Wildman–Crippen MR) is 161 cm³/mol. The summed E-state index contributed by atoms with van der Waals surface area (Å²) >= 11 is 0. The molecule has 9 heteroatoms. The monoisotopic (exact) mass is 560 g/mol. The molecule has 3 aromatic rings. The second-order valence-electron chi connectivity index (χ2n) is 10.1. The van der Waals surface area contributed by atoms with E-state index in [1.54, 1.807) is 37.3 Å². The van der Waals surface area contributed by atoms with E-state index in [4.69, 9.17) is 9.47 Å². The Kier molecular flexibility index (Phi) is 10.6. The summed E-state index contributed by atoms with van der Waals surface area (Å²) in [6.45, 7) is 4.03. The summed E-state index contributed by atoms with van der Waals surface area (Å²) in [5.74, 6) is 1.12. The summed E-state index contributed by atoms with van der Waals surface area (Å²) in [6, 6.07) is 20.3. The maximum Gasteiger partial charge on any atom is 0.251 e. The van der Waals surface area contributed by atoms with Crippen LogP contribution in [0.4, 0.5) is 11.4 Å². The summed E-state index contributed by atoms with van der Waals surface area (Å²) in [4.78, 5) is 27.7. The second-order valence-corrected chi connectivity index (χ2v) is 10.1. The van der Waals surface area contributed by atoms with Crippen LogP contribution in [0.25, 0.3) is 0 Å².